The Hall–Kier alpha value is -2.09. The molecule has 0 bridgehead atoms. The smallest absolute Gasteiger partial charge is 0.223 e. The highest BCUT2D eigenvalue weighted by Crippen LogP contribution is 2.21. The van der Waals surface area contributed by atoms with E-state index in [-0.39, 0.29) is 17.2 Å². The number of hydrogen-bond acceptors (Lipinski definition) is 5. The van der Waals surface area contributed by atoms with Gasteiger partial charge in [-0.2, -0.15) is 0 Å². The van der Waals surface area contributed by atoms with Crippen molar-refractivity contribution in [3.05, 3.63) is 24.3 Å². The van der Waals surface area contributed by atoms with Crippen LogP contribution in [0.5, 0.6) is 0 Å². The minimum absolute atomic E-state index is 0.0523. The standard InChI is InChI=1S/C17H27N3O4S/c1-17(2,16(18)22)10-9-15(21)20(3)12-11-19-13-5-7-14(8-6-13)25(4,23)24/h5-8,19H,9-12H2,1-4H3,(H2,18,22). The molecule has 0 aliphatic carbocycles. The number of nitrogens with two attached hydrogens (primary N) is 1. The number of hydrogen-bond donors (Lipinski definition) is 2. The van der Waals surface area contributed by atoms with Gasteiger partial charge in [0, 0.05) is 43.9 Å². The first-order valence-corrected chi connectivity index (χ1v) is 9.90. The van der Waals surface area contributed by atoms with Crippen molar-refractivity contribution in [1.82, 2.24) is 4.90 Å². The fourth-order valence-corrected chi connectivity index (χ4v) is 2.68. The summed E-state index contributed by atoms with van der Waals surface area (Å²) in [6, 6.07) is 6.46. The summed E-state index contributed by atoms with van der Waals surface area (Å²) in [6.07, 6.45) is 1.83. The summed E-state index contributed by atoms with van der Waals surface area (Å²) in [4.78, 5) is 25.2. The van der Waals surface area contributed by atoms with Crippen LogP contribution in [0.3, 0.4) is 0 Å². The Kier molecular flexibility index (Phi) is 6.98. The highest BCUT2D eigenvalue weighted by atomic mass is 32.2. The number of carbonyl (C=O) groups is 2. The summed E-state index contributed by atoms with van der Waals surface area (Å²) in [5, 5.41) is 3.14. The fourth-order valence-electron chi connectivity index (χ4n) is 2.05. The number of sulfone groups is 1. The fraction of sp³-hybridized carbons (Fsp3) is 0.529. The van der Waals surface area contributed by atoms with Crippen LogP contribution in [0.25, 0.3) is 0 Å². The van der Waals surface area contributed by atoms with E-state index >= 15 is 0 Å². The van der Waals surface area contributed by atoms with Crippen LogP contribution in [-0.2, 0) is 19.4 Å². The predicted molar refractivity (Wildman–Crippen MR) is 97.9 cm³/mol. The zero-order valence-electron chi connectivity index (χ0n) is 15.2. The van der Waals surface area contributed by atoms with E-state index < -0.39 is 21.2 Å². The Morgan fingerprint density at radius 2 is 1.76 bits per heavy atom. The third-order valence-corrected chi connectivity index (χ3v) is 5.24. The van der Waals surface area contributed by atoms with Gasteiger partial charge in [0.15, 0.2) is 9.84 Å². The minimum Gasteiger partial charge on any atom is -0.383 e. The molecule has 7 nitrogen and oxygen atoms in total. The van der Waals surface area contributed by atoms with Crippen LogP contribution in [0, 0.1) is 5.41 Å². The van der Waals surface area contributed by atoms with Gasteiger partial charge in [-0.05, 0) is 30.7 Å². The van der Waals surface area contributed by atoms with Crippen molar-refractivity contribution in [3.8, 4) is 0 Å². The Balaban J connectivity index is 2.42. The van der Waals surface area contributed by atoms with Crippen LogP contribution in [0.2, 0.25) is 0 Å². The monoisotopic (exact) mass is 369 g/mol. The molecule has 0 aromatic heterocycles. The highest BCUT2D eigenvalue weighted by Gasteiger charge is 2.26. The lowest BCUT2D eigenvalue weighted by Gasteiger charge is -2.22. The largest absolute Gasteiger partial charge is 0.383 e. The first-order valence-electron chi connectivity index (χ1n) is 8.01. The van der Waals surface area contributed by atoms with E-state index in [0.29, 0.717) is 19.5 Å². The lowest BCUT2D eigenvalue weighted by atomic mass is 9.87. The van der Waals surface area contributed by atoms with E-state index in [9.17, 15) is 18.0 Å². The Labute approximate surface area is 149 Å². The number of nitrogens with zero attached hydrogens (tertiary/aromatic N) is 1. The molecule has 0 fully saturated rings. The molecule has 8 heteroatoms. The average Bonchev–Trinajstić information content (AvgIpc) is 2.52. The SMILES string of the molecule is CN(CCNc1ccc(S(C)(=O)=O)cc1)C(=O)CCC(C)(C)C(N)=O. The second-order valence-electron chi connectivity index (χ2n) is 6.79. The molecule has 0 saturated heterocycles. The van der Waals surface area contributed by atoms with Crippen LogP contribution in [0.1, 0.15) is 26.7 Å². The molecule has 0 heterocycles. The van der Waals surface area contributed by atoms with Gasteiger partial charge >= 0.3 is 0 Å². The van der Waals surface area contributed by atoms with Gasteiger partial charge in [-0.25, -0.2) is 8.42 Å². The highest BCUT2D eigenvalue weighted by molar-refractivity contribution is 7.90. The van der Waals surface area contributed by atoms with Crippen LogP contribution in [0.15, 0.2) is 29.2 Å². The molecule has 0 aliphatic rings. The van der Waals surface area contributed by atoms with Crippen molar-refractivity contribution in [2.45, 2.75) is 31.6 Å². The van der Waals surface area contributed by atoms with E-state index in [2.05, 4.69) is 5.32 Å². The first kappa shape index (κ1) is 21.0. The summed E-state index contributed by atoms with van der Waals surface area (Å²) in [6.45, 7) is 4.47. The Morgan fingerprint density at radius 1 is 1.20 bits per heavy atom. The van der Waals surface area contributed by atoms with Gasteiger partial charge in [0.2, 0.25) is 11.8 Å². The molecule has 2 amide bonds. The number of nitrogens with one attached hydrogen (secondary N) is 1. The molecule has 0 spiro atoms. The maximum Gasteiger partial charge on any atom is 0.223 e. The Bertz CT molecular complexity index is 712. The molecule has 1 aromatic carbocycles. The van der Waals surface area contributed by atoms with Gasteiger partial charge in [0.05, 0.1) is 4.90 Å². The molecule has 25 heavy (non-hydrogen) atoms. The summed E-state index contributed by atoms with van der Waals surface area (Å²) in [5.74, 6) is -0.467. The van der Waals surface area contributed by atoms with E-state index in [0.717, 1.165) is 11.9 Å². The number of anilines is 1. The minimum atomic E-state index is -3.20. The van der Waals surface area contributed by atoms with E-state index in [1.54, 1.807) is 50.1 Å². The van der Waals surface area contributed by atoms with Crippen molar-refractivity contribution in [1.29, 1.82) is 0 Å². The average molecular weight is 369 g/mol. The molecule has 0 aliphatic heterocycles. The van der Waals surface area contributed by atoms with Gasteiger partial charge < -0.3 is 16.0 Å². The molecule has 0 radical (unpaired) electrons. The number of benzene rings is 1. The Morgan fingerprint density at radius 3 is 2.24 bits per heavy atom. The van der Waals surface area contributed by atoms with Crippen molar-refractivity contribution in [2.75, 3.05) is 31.7 Å². The number of primary amides is 1. The third kappa shape index (κ3) is 6.74. The molecular formula is C17H27N3O4S. The van der Waals surface area contributed by atoms with Gasteiger partial charge in [-0.15, -0.1) is 0 Å². The van der Waals surface area contributed by atoms with Crippen LogP contribution in [-0.4, -0.2) is 51.5 Å². The summed E-state index contributed by atoms with van der Waals surface area (Å²) < 4.78 is 22.8. The van der Waals surface area contributed by atoms with Crippen LogP contribution < -0.4 is 11.1 Å². The molecular weight excluding hydrogens is 342 g/mol. The first-order chi connectivity index (χ1) is 11.4. The third-order valence-electron chi connectivity index (χ3n) is 4.12. The van der Waals surface area contributed by atoms with Crippen molar-refractivity contribution >= 4 is 27.3 Å². The van der Waals surface area contributed by atoms with Crippen LogP contribution in [0.4, 0.5) is 5.69 Å². The lowest BCUT2D eigenvalue weighted by molar-refractivity contribution is -0.131. The second kappa shape index (κ2) is 8.33. The maximum absolute atomic E-state index is 12.1. The maximum atomic E-state index is 12.1. The summed E-state index contributed by atoms with van der Waals surface area (Å²) in [7, 11) is -1.50. The number of carbonyl (C=O) groups excluding carboxylic acids is 2. The van der Waals surface area contributed by atoms with Gasteiger partial charge in [0.1, 0.15) is 0 Å². The second-order valence-corrected chi connectivity index (χ2v) is 8.80. The quantitative estimate of drug-likeness (QED) is 0.681. The predicted octanol–water partition coefficient (Wildman–Crippen LogP) is 1.25. The van der Waals surface area contributed by atoms with E-state index in [4.69, 9.17) is 5.73 Å². The number of amides is 2. The van der Waals surface area contributed by atoms with Crippen molar-refractivity contribution in [2.24, 2.45) is 11.1 Å². The number of likely N-dealkylation sites (N-methyl/N-ethyl adjacent to an activating group) is 1. The van der Waals surface area contributed by atoms with Crippen LogP contribution >= 0.6 is 0 Å². The molecule has 0 atom stereocenters. The molecule has 0 saturated carbocycles. The van der Waals surface area contributed by atoms with Gasteiger partial charge in [0.25, 0.3) is 0 Å². The number of rotatable bonds is 9. The zero-order valence-corrected chi connectivity index (χ0v) is 16.0. The molecule has 1 rings (SSSR count). The summed E-state index contributed by atoms with van der Waals surface area (Å²) in [5.41, 5.74) is 5.39. The molecule has 1 aromatic rings. The zero-order chi connectivity index (χ0) is 19.3. The van der Waals surface area contributed by atoms with Gasteiger partial charge in [-0.1, -0.05) is 13.8 Å². The molecule has 140 valence electrons. The lowest BCUT2D eigenvalue weighted by Crippen LogP contribution is -2.35. The van der Waals surface area contributed by atoms with Gasteiger partial charge in [-0.3, -0.25) is 9.59 Å². The normalized spacial score (nSPS) is 11.8. The van der Waals surface area contributed by atoms with E-state index in [1.807, 2.05) is 0 Å². The summed E-state index contributed by atoms with van der Waals surface area (Å²) >= 11 is 0. The van der Waals surface area contributed by atoms with Crippen molar-refractivity contribution < 1.29 is 18.0 Å². The molecule has 0 unspecified atom stereocenters. The van der Waals surface area contributed by atoms with Crippen molar-refractivity contribution in [3.63, 3.8) is 0 Å². The van der Waals surface area contributed by atoms with E-state index in [1.165, 1.54) is 0 Å². The molecule has 3 N–H and O–H groups in total. The topological polar surface area (TPSA) is 110 Å².